The van der Waals surface area contributed by atoms with Crippen molar-refractivity contribution in [1.29, 1.82) is 0 Å². The van der Waals surface area contributed by atoms with E-state index in [-0.39, 0.29) is 17.9 Å². The Balaban J connectivity index is 1.29. The van der Waals surface area contributed by atoms with Gasteiger partial charge in [-0.15, -0.1) is 0 Å². The largest absolute Gasteiger partial charge is 0.497 e. The highest BCUT2D eigenvalue weighted by Gasteiger charge is 2.66. The van der Waals surface area contributed by atoms with Gasteiger partial charge in [0, 0.05) is 6.54 Å². The molecule has 2 bridgehead atoms. The van der Waals surface area contributed by atoms with E-state index in [1.165, 1.54) is 0 Å². The van der Waals surface area contributed by atoms with Gasteiger partial charge in [-0.1, -0.05) is 24.3 Å². The summed E-state index contributed by atoms with van der Waals surface area (Å²) in [5.74, 6) is 0.249. The third-order valence-corrected chi connectivity index (χ3v) is 6.03. The van der Waals surface area contributed by atoms with Crippen molar-refractivity contribution in [3.05, 3.63) is 66.1 Å². The number of nitrogens with zero attached hydrogens (tertiary/aromatic N) is 1. The van der Waals surface area contributed by atoms with Gasteiger partial charge in [0.05, 0.1) is 44.4 Å². The summed E-state index contributed by atoms with van der Waals surface area (Å²) in [6, 6.07) is 11.2. The van der Waals surface area contributed by atoms with E-state index in [4.69, 9.17) is 13.9 Å². The van der Waals surface area contributed by atoms with Gasteiger partial charge in [0.15, 0.2) is 0 Å². The normalized spacial score (nSPS) is 29.3. The zero-order valence-electron chi connectivity index (χ0n) is 16.0. The molecule has 0 saturated carbocycles. The second-order valence-electron chi connectivity index (χ2n) is 7.74. The lowest BCUT2D eigenvalue weighted by Gasteiger charge is -2.23. The van der Waals surface area contributed by atoms with Crippen LogP contribution in [0.1, 0.15) is 11.3 Å². The number of hydrogen-bond donors (Lipinski definition) is 1. The van der Waals surface area contributed by atoms with E-state index in [2.05, 4.69) is 5.32 Å². The summed E-state index contributed by atoms with van der Waals surface area (Å²) >= 11 is 0. The first-order chi connectivity index (χ1) is 14.1. The van der Waals surface area contributed by atoms with Crippen LogP contribution in [-0.2, 0) is 27.4 Å². The molecule has 5 rings (SSSR count). The number of fused-ring (bicyclic) bond motifs is 1. The van der Waals surface area contributed by atoms with Crippen LogP contribution in [0.15, 0.2) is 59.2 Å². The second kappa shape index (κ2) is 6.77. The van der Waals surface area contributed by atoms with Gasteiger partial charge in [-0.3, -0.25) is 9.59 Å². The molecule has 1 N–H and O–H groups in total. The lowest BCUT2D eigenvalue weighted by Crippen LogP contribution is -2.43. The minimum Gasteiger partial charge on any atom is -0.497 e. The molecule has 150 valence electrons. The molecular formula is C22H22N2O5. The number of benzene rings is 1. The Bertz CT molecular complexity index is 952. The fourth-order valence-corrected chi connectivity index (χ4v) is 4.65. The third-order valence-electron chi connectivity index (χ3n) is 6.03. The van der Waals surface area contributed by atoms with Crippen LogP contribution < -0.4 is 10.1 Å². The van der Waals surface area contributed by atoms with Crippen LogP contribution in [0.4, 0.5) is 0 Å². The van der Waals surface area contributed by atoms with Gasteiger partial charge in [0.1, 0.15) is 17.1 Å². The summed E-state index contributed by atoms with van der Waals surface area (Å²) in [5.41, 5.74) is 0.252. The molecule has 2 aromatic rings. The molecule has 2 amide bonds. The molecule has 2 saturated heterocycles. The molecule has 0 aliphatic carbocycles. The average molecular weight is 394 g/mol. The van der Waals surface area contributed by atoms with Crippen molar-refractivity contribution >= 4 is 11.8 Å². The Morgan fingerprint density at radius 3 is 2.86 bits per heavy atom. The van der Waals surface area contributed by atoms with Crippen LogP contribution in [0.3, 0.4) is 0 Å². The number of carbonyl (C=O) groups is 2. The van der Waals surface area contributed by atoms with Gasteiger partial charge in [-0.25, -0.2) is 0 Å². The van der Waals surface area contributed by atoms with Gasteiger partial charge in [0.2, 0.25) is 11.8 Å². The fraction of sp³-hybridized carbons (Fsp3) is 0.364. The molecule has 4 atom stereocenters. The molecule has 1 spiro atoms. The number of carbonyl (C=O) groups excluding carboxylic acids is 2. The van der Waals surface area contributed by atoms with Gasteiger partial charge < -0.3 is 24.1 Å². The minimum atomic E-state index is -0.712. The fourth-order valence-electron chi connectivity index (χ4n) is 4.65. The van der Waals surface area contributed by atoms with E-state index < -0.39 is 17.4 Å². The SMILES string of the molecule is COc1ccc(CNC(=O)[C@H]2[C@H]3C(=O)N(Cc4ccco4)C[C@@]34C=C[C@H]2O4)cc1. The molecule has 0 radical (unpaired) electrons. The molecule has 1 aromatic heterocycles. The van der Waals surface area contributed by atoms with E-state index in [1.54, 1.807) is 24.3 Å². The van der Waals surface area contributed by atoms with Crippen molar-refractivity contribution in [2.24, 2.45) is 11.8 Å². The number of nitrogens with one attached hydrogen (secondary N) is 1. The van der Waals surface area contributed by atoms with Gasteiger partial charge in [-0.05, 0) is 29.8 Å². The highest BCUT2D eigenvalue weighted by atomic mass is 16.5. The van der Waals surface area contributed by atoms with Crippen molar-refractivity contribution in [2.45, 2.75) is 24.8 Å². The Labute approximate surface area is 168 Å². The topological polar surface area (TPSA) is 81.0 Å². The van der Waals surface area contributed by atoms with Crippen molar-refractivity contribution in [3.8, 4) is 5.75 Å². The maximum absolute atomic E-state index is 13.1. The van der Waals surface area contributed by atoms with Crippen LogP contribution in [0.5, 0.6) is 5.75 Å². The van der Waals surface area contributed by atoms with Gasteiger partial charge in [0.25, 0.3) is 0 Å². The van der Waals surface area contributed by atoms with Crippen LogP contribution in [0.25, 0.3) is 0 Å². The molecule has 0 unspecified atom stereocenters. The molecule has 1 aromatic carbocycles. The Kier molecular flexibility index (Phi) is 4.20. The van der Waals surface area contributed by atoms with Crippen molar-refractivity contribution in [3.63, 3.8) is 0 Å². The number of rotatable bonds is 6. The van der Waals surface area contributed by atoms with Gasteiger partial charge >= 0.3 is 0 Å². The summed E-state index contributed by atoms with van der Waals surface area (Å²) < 4.78 is 16.7. The molecule has 3 aliphatic rings. The molecule has 7 nitrogen and oxygen atoms in total. The molecule has 7 heteroatoms. The monoisotopic (exact) mass is 394 g/mol. The lowest BCUT2D eigenvalue weighted by atomic mass is 9.77. The zero-order valence-corrected chi connectivity index (χ0v) is 16.0. The Morgan fingerprint density at radius 1 is 1.31 bits per heavy atom. The van der Waals surface area contributed by atoms with E-state index in [1.807, 2.05) is 42.5 Å². The molecule has 3 aliphatic heterocycles. The van der Waals surface area contributed by atoms with Gasteiger partial charge in [-0.2, -0.15) is 0 Å². The number of methoxy groups -OCH3 is 1. The number of furan rings is 1. The summed E-state index contributed by atoms with van der Waals surface area (Å²) in [7, 11) is 1.61. The van der Waals surface area contributed by atoms with E-state index in [0.717, 1.165) is 11.3 Å². The summed E-state index contributed by atoms with van der Waals surface area (Å²) in [4.78, 5) is 27.9. The Morgan fingerprint density at radius 2 is 2.14 bits per heavy atom. The summed E-state index contributed by atoms with van der Waals surface area (Å²) in [6.45, 7) is 1.21. The van der Waals surface area contributed by atoms with Crippen molar-refractivity contribution in [2.75, 3.05) is 13.7 Å². The molecule has 4 heterocycles. The van der Waals surface area contributed by atoms with Crippen LogP contribution in [0, 0.1) is 11.8 Å². The van der Waals surface area contributed by atoms with E-state index in [9.17, 15) is 9.59 Å². The first kappa shape index (κ1) is 18.0. The lowest BCUT2D eigenvalue weighted by molar-refractivity contribution is -0.138. The maximum atomic E-state index is 13.1. The predicted octanol–water partition coefficient (Wildman–Crippen LogP) is 1.89. The zero-order chi connectivity index (χ0) is 20.0. The number of ether oxygens (including phenoxy) is 2. The van der Waals surface area contributed by atoms with Crippen LogP contribution in [-0.4, -0.2) is 42.1 Å². The smallest absolute Gasteiger partial charge is 0.230 e. The van der Waals surface area contributed by atoms with E-state index >= 15 is 0 Å². The number of likely N-dealkylation sites (tertiary alicyclic amines) is 1. The van der Waals surface area contributed by atoms with Crippen LogP contribution >= 0.6 is 0 Å². The number of amides is 2. The predicted molar refractivity (Wildman–Crippen MR) is 103 cm³/mol. The van der Waals surface area contributed by atoms with Crippen molar-refractivity contribution < 1.29 is 23.5 Å². The van der Waals surface area contributed by atoms with Crippen LogP contribution in [0.2, 0.25) is 0 Å². The third kappa shape index (κ3) is 2.93. The number of hydrogen-bond acceptors (Lipinski definition) is 5. The minimum absolute atomic E-state index is 0.0575. The molecule has 2 fully saturated rings. The molecule has 29 heavy (non-hydrogen) atoms. The quantitative estimate of drug-likeness (QED) is 0.757. The summed E-state index contributed by atoms with van der Waals surface area (Å²) in [6.07, 6.45) is 5.10. The standard InChI is InChI=1S/C22H22N2O5/c1-27-15-6-4-14(5-7-15)11-23-20(25)18-17-8-9-22(29-17)13-24(21(26)19(18)22)12-16-3-2-10-28-16/h2-10,17-19H,11-13H2,1H3,(H,23,25)/t17-,18-,19+,22+/m1/s1. The van der Waals surface area contributed by atoms with Crippen molar-refractivity contribution in [1.82, 2.24) is 10.2 Å². The molecular weight excluding hydrogens is 372 g/mol. The Hall–Kier alpha value is -3.06. The average Bonchev–Trinajstić information content (AvgIpc) is 3.50. The summed E-state index contributed by atoms with van der Waals surface area (Å²) in [5, 5.41) is 2.97. The first-order valence-electron chi connectivity index (χ1n) is 9.69. The van der Waals surface area contributed by atoms with E-state index in [0.29, 0.717) is 25.4 Å². The highest BCUT2D eigenvalue weighted by molar-refractivity contribution is 5.93. The first-order valence-corrected chi connectivity index (χ1v) is 9.69. The highest BCUT2D eigenvalue weighted by Crippen LogP contribution is 2.52. The maximum Gasteiger partial charge on any atom is 0.230 e. The second-order valence-corrected chi connectivity index (χ2v) is 7.74.